The largest absolute Gasteiger partial charge is 0.493 e. The zero-order valence-corrected chi connectivity index (χ0v) is 10.1. The maximum atomic E-state index is 8.99. The number of hydrogen-bond acceptors (Lipinski definition) is 4. The van der Waals surface area contributed by atoms with Gasteiger partial charge in [-0.15, -0.1) is 0 Å². The molecule has 0 saturated heterocycles. The van der Waals surface area contributed by atoms with Crippen LogP contribution in [0.2, 0.25) is 0 Å². The van der Waals surface area contributed by atoms with E-state index < -0.39 is 0 Å². The molecule has 4 heteroatoms. The molecular weight excluding hydrogens is 206 g/mol. The van der Waals surface area contributed by atoms with Crippen LogP contribution in [0.15, 0.2) is 18.2 Å². The maximum absolute atomic E-state index is 8.99. The number of likely N-dealkylation sites (N-methyl/N-ethyl adjacent to an activating group) is 1. The molecule has 0 bridgehead atoms. The van der Waals surface area contributed by atoms with Gasteiger partial charge in [0.25, 0.3) is 0 Å². The summed E-state index contributed by atoms with van der Waals surface area (Å²) in [6.45, 7) is 1.47. The fraction of sp³-hybridized carbons (Fsp3) is 0.500. The summed E-state index contributed by atoms with van der Waals surface area (Å²) in [5.74, 6) is 1.37. The van der Waals surface area contributed by atoms with E-state index in [1.165, 1.54) is 0 Å². The second kappa shape index (κ2) is 6.35. The van der Waals surface area contributed by atoms with E-state index in [0.717, 1.165) is 12.1 Å². The van der Waals surface area contributed by atoms with Crippen molar-refractivity contribution in [3.63, 3.8) is 0 Å². The average Bonchev–Trinajstić information content (AvgIpc) is 2.29. The lowest BCUT2D eigenvalue weighted by atomic mass is 10.2. The summed E-state index contributed by atoms with van der Waals surface area (Å²) in [5.41, 5.74) is 0.816. The summed E-state index contributed by atoms with van der Waals surface area (Å²) >= 11 is 0. The molecule has 0 aromatic heterocycles. The van der Waals surface area contributed by atoms with Crippen molar-refractivity contribution in [2.24, 2.45) is 0 Å². The predicted molar refractivity (Wildman–Crippen MR) is 63.0 cm³/mol. The number of methoxy groups -OCH3 is 1. The SMILES string of the molecule is COc1cc(CO)ccc1OCCN(C)C. The highest BCUT2D eigenvalue weighted by atomic mass is 16.5. The van der Waals surface area contributed by atoms with E-state index in [2.05, 4.69) is 4.90 Å². The van der Waals surface area contributed by atoms with Gasteiger partial charge in [0, 0.05) is 6.54 Å². The summed E-state index contributed by atoms with van der Waals surface area (Å²) in [6, 6.07) is 5.43. The lowest BCUT2D eigenvalue weighted by molar-refractivity contribution is 0.249. The fourth-order valence-corrected chi connectivity index (χ4v) is 1.27. The summed E-state index contributed by atoms with van der Waals surface area (Å²) in [4.78, 5) is 2.05. The maximum Gasteiger partial charge on any atom is 0.161 e. The van der Waals surface area contributed by atoms with E-state index in [0.29, 0.717) is 18.1 Å². The molecule has 0 fully saturated rings. The zero-order chi connectivity index (χ0) is 12.0. The Morgan fingerprint density at radius 3 is 2.56 bits per heavy atom. The normalized spacial score (nSPS) is 10.6. The van der Waals surface area contributed by atoms with E-state index >= 15 is 0 Å². The topological polar surface area (TPSA) is 41.9 Å². The molecule has 0 aliphatic rings. The summed E-state index contributed by atoms with van der Waals surface area (Å²) in [5, 5.41) is 8.99. The molecular formula is C12H19NO3. The van der Waals surface area contributed by atoms with Crippen LogP contribution in [0.3, 0.4) is 0 Å². The summed E-state index contributed by atoms with van der Waals surface area (Å²) < 4.78 is 10.8. The second-order valence-corrected chi connectivity index (χ2v) is 3.80. The van der Waals surface area contributed by atoms with Crippen LogP contribution < -0.4 is 9.47 Å². The van der Waals surface area contributed by atoms with Crippen molar-refractivity contribution in [1.82, 2.24) is 4.90 Å². The van der Waals surface area contributed by atoms with Crippen molar-refractivity contribution in [2.45, 2.75) is 6.61 Å². The molecule has 0 unspecified atom stereocenters. The van der Waals surface area contributed by atoms with Crippen molar-refractivity contribution in [3.05, 3.63) is 23.8 Å². The molecule has 0 amide bonds. The van der Waals surface area contributed by atoms with E-state index in [4.69, 9.17) is 14.6 Å². The highest BCUT2D eigenvalue weighted by Gasteiger charge is 2.05. The van der Waals surface area contributed by atoms with Crippen LogP contribution in [0, 0.1) is 0 Å². The molecule has 0 aliphatic heterocycles. The number of aliphatic hydroxyl groups is 1. The van der Waals surface area contributed by atoms with Crippen LogP contribution in [-0.2, 0) is 6.61 Å². The number of ether oxygens (including phenoxy) is 2. The number of aliphatic hydroxyl groups excluding tert-OH is 1. The smallest absolute Gasteiger partial charge is 0.161 e. The second-order valence-electron chi connectivity index (χ2n) is 3.80. The first-order chi connectivity index (χ1) is 7.67. The van der Waals surface area contributed by atoms with E-state index in [-0.39, 0.29) is 6.61 Å². The molecule has 1 aromatic rings. The first kappa shape index (κ1) is 12.8. The molecule has 1 rings (SSSR count). The molecule has 0 heterocycles. The first-order valence-corrected chi connectivity index (χ1v) is 5.22. The molecule has 90 valence electrons. The standard InChI is InChI=1S/C12H19NO3/c1-13(2)6-7-16-11-5-4-10(9-14)8-12(11)15-3/h4-5,8,14H,6-7,9H2,1-3H3. The minimum atomic E-state index is 0.00827. The highest BCUT2D eigenvalue weighted by Crippen LogP contribution is 2.27. The van der Waals surface area contributed by atoms with Crippen molar-refractivity contribution >= 4 is 0 Å². The highest BCUT2D eigenvalue weighted by molar-refractivity contribution is 5.42. The quantitative estimate of drug-likeness (QED) is 0.788. The molecule has 0 spiro atoms. The van der Waals surface area contributed by atoms with Crippen LogP contribution in [0.4, 0.5) is 0 Å². The average molecular weight is 225 g/mol. The molecule has 4 nitrogen and oxygen atoms in total. The van der Waals surface area contributed by atoms with Gasteiger partial charge in [-0.05, 0) is 31.8 Å². The van der Waals surface area contributed by atoms with Crippen molar-refractivity contribution < 1.29 is 14.6 Å². The lowest BCUT2D eigenvalue weighted by Crippen LogP contribution is -2.19. The third-order valence-corrected chi connectivity index (χ3v) is 2.21. The van der Waals surface area contributed by atoms with E-state index in [9.17, 15) is 0 Å². The van der Waals surface area contributed by atoms with Gasteiger partial charge in [-0.2, -0.15) is 0 Å². The van der Waals surface area contributed by atoms with Gasteiger partial charge in [-0.3, -0.25) is 0 Å². The lowest BCUT2D eigenvalue weighted by Gasteiger charge is -2.13. The van der Waals surface area contributed by atoms with Gasteiger partial charge in [-0.25, -0.2) is 0 Å². The molecule has 1 aromatic carbocycles. The molecule has 16 heavy (non-hydrogen) atoms. The Labute approximate surface area is 96.4 Å². The van der Waals surface area contributed by atoms with Gasteiger partial charge < -0.3 is 19.5 Å². The van der Waals surface area contributed by atoms with E-state index in [1.54, 1.807) is 13.2 Å². The van der Waals surface area contributed by atoms with Gasteiger partial charge in [0.1, 0.15) is 6.61 Å². The Kier molecular flexibility index (Phi) is 5.08. The van der Waals surface area contributed by atoms with Crippen LogP contribution in [0.1, 0.15) is 5.56 Å². The van der Waals surface area contributed by atoms with E-state index in [1.807, 2.05) is 26.2 Å². The van der Waals surface area contributed by atoms with Crippen LogP contribution in [-0.4, -0.2) is 44.4 Å². The summed E-state index contributed by atoms with van der Waals surface area (Å²) in [7, 11) is 5.58. The fourth-order valence-electron chi connectivity index (χ4n) is 1.27. The van der Waals surface area contributed by atoms with Crippen LogP contribution in [0.25, 0.3) is 0 Å². The third-order valence-electron chi connectivity index (χ3n) is 2.21. The minimum absolute atomic E-state index is 0.00827. The van der Waals surface area contributed by atoms with Gasteiger partial charge in [0.15, 0.2) is 11.5 Å². The Morgan fingerprint density at radius 2 is 2.00 bits per heavy atom. The Morgan fingerprint density at radius 1 is 1.25 bits per heavy atom. The van der Waals surface area contributed by atoms with Gasteiger partial charge in [0.2, 0.25) is 0 Å². The van der Waals surface area contributed by atoms with Crippen molar-refractivity contribution in [1.29, 1.82) is 0 Å². The monoisotopic (exact) mass is 225 g/mol. The number of hydrogen-bond donors (Lipinski definition) is 1. The number of nitrogens with zero attached hydrogens (tertiary/aromatic N) is 1. The van der Waals surface area contributed by atoms with Gasteiger partial charge >= 0.3 is 0 Å². The van der Waals surface area contributed by atoms with Crippen molar-refractivity contribution in [3.8, 4) is 11.5 Å². The number of benzene rings is 1. The van der Waals surface area contributed by atoms with Crippen LogP contribution in [0.5, 0.6) is 11.5 Å². The van der Waals surface area contributed by atoms with Gasteiger partial charge in [-0.1, -0.05) is 6.07 Å². The van der Waals surface area contributed by atoms with Crippen molar-refractivity contribution in [2.75, 3.05) is 34.4 Å². The zero-order valence-electron chi connectivity index (χ0n) is 10.1. The Hall–Kier alpha value is -1.26. The van der Waals surface area contributed by atoms with Gasteiger partial charge in [0.05, 0.1) is 13.7 Å². The molecule has 0 atom stereocenters. The molecule has 0 saturated carbocycles. The van der Waals surface area contributed by atoms with Crippen LogP contribution >= 0.6 is 0 Å². The number of rotatable bonds is 6. The molecule has 0 aliphatic carbocycles. The first-order valence-electron chi connectivity index (χ1n) is 5.22. The summed E-state index contributed by atoms with van der Waals surface area (Å²) in [6.07, 6.45) is 0. The Bertz CT molecular complexity index is 326. The molecule has 1 N–H and O–H groups in total. The predicted octanol–water partition coefficient (Wildman–Crippen LogP) is 1.13. The Balaban J connectivity index is 2.64. The minimum Gasteiger partial charge on any atom is -0.493 e. The molecule has 0 radical (unpaired) electrons. The third kappa shape index (κ3) is 3.72.